The molecular formula is C41H43FN6O8S. The highest BCUT2D eigenvalue weighted by Gasteiger charge is 2.45. The third-order valence-corrected chi connectivity index (χ3v) is 12.1. The Labute approximate surface area is 331 Å². The van der Waals surface area contributed by atoms with Gasteiger partial charge in [0.25, 0.3) is 5.56 Å². The SMILES string of the molecule is CCCCC(CC(=O)N[C@@H](Cc1ccccc1)C(=O)NCC(=O)Nc1c(F)cc2nc3c(c4c2c1SCC4)Cn1c-3cc2c(c1=O)COC(=O)[C@]2(O)CC)C(N)=O. The van der Waals surface area contributed by atoms with Gasteiger partial charge in [-0.05, 0) is 36.5 Å². The number of cyclic esters (lactones) is 1. The van der Waals surface area contributed by atoms with E-state index in [1.54, 1.807) is 37.3 Å². The van der Waals surface area contributed by atoms with Crippen LogP contribution >= 0.6 is 11.8 Å². The summed E-state index contributed by atoms with van der Waals surface area (Å²) in [6.45, 7) is 2.97. The van der Waals surface area contributed by atoms with Crippen LogP contribution in [0.15, 0.2) is 52.2 Å². The van der Waals surface area contributed by atoms with Crippen LogP contribution in [-0.4, -0.2) is 62.6 Å². The molecule has 0 fully saturated rings. The number of carbonyl (C=O) groups excluding carboxylic acids is 5. The summed E-state index contributed by atoms with van der Waals surface area (Å²) >= 11 is 1.35. The van der Waals surface area contributed by atoms with Crippen molar-refractivity contribution in [1.29, 1.82) is 0 Å². The van der Waals surface area contributed by atoms with E-state index in [9.17, 15) is 33.9 Å². The highest BCUT2D eigenvalue weighted by atomic mass is 32.2. The van der Waals surface area contributed by atoms with Gasteiger partial charge in [0.2, 0.25) is 23.6 Å². The highest BCUT2D eigenvalue weighted by Crippen LogP contribution is 2.47. The lowest BCUT2D eigenvalue weighted by Gasteiger charge is -2.31. The number of anilines is 1. The minimum atomic E-state index is -1.99. The molecule has 7 rings (SSSR count). The molecule has 0 aliphatic carbocycles. The molecule has 0 saturated heterocycles. The van der Waals surface area contributed by atoms with E-state index >= 15 is 4.39 Å². The number of aromatic nitrogens is 2. The van der Waals surface area contributed by atoms with Crippen LogP contribution in [0, 0.1) is 11.7 Å². The molecule has 16 heteroatoms. The number of carbonyl (C=O) groups is 5. The first-order valence-electron chi connectivity index (χ1n) is 19.0. The Morgan fingerprint density at radius 1 is 1.09 bits per heavy atom. The van der Waals surface area contributed by atoms with E-state index in [1.807, 2.05) is 13.0 Å². The minimum absolute atomic E-state index is 0.00221. The predicted molar refractivity (Wildman–Crippen MR) is 209 cm³/mol. The number of nitrogens with one attached hydrogen (secondary N) is 3. The first-order valence-corrected chi connectivity index (χ1v) is 20.0. The van der Waals surface area contributed by atoms with Gasteiger partial charge >= 0.3 is 5.97 Å². The number of halogens is 1. The molecule has 5 heterocycles. The Bertz CT molecular complexity index is 2390. The second-order valence-electron chi connectivity index (χ2n) is 14.6. The number of primary amides is 1. The number of nitrogens with zero attached hydrogens (tertiary/aromatic N) is 2. The molecule has 3 atom stereocenters. The molecule has 4 aromatic rings. The second kappa shape index (κ2) is 16.1. The van der Waals surface area contributed by atoms with Gasteiger partial charge < -0.3 is 36.1 Å². The second-order valence-corrected chi connectivity index (χ2v) is 15.7. The lowest BCUT2D eigenvalue weighted by Crippen LogP contribution is -2.50. The predicted octanol–water partition coefficient (Wildman–Crippen LogP) is 3.33. The molecule has 2 aromatic heterocycles. The van der Waals surface area contributed by atoms with Crippen LogP contribution in [0.1, 0.15) is 73.8 Å². The van der Waals surface area contributed by atoms with Gasteiger partial charge in [0.1, 0.15) is 18.5 Å². The zero-order valence-corrected chi connectivity index (χ0v) is 32.4. The average molecular weight is 799 g/mol. The van der Waals surface area contributed by atoms with Crippen LogP contribution in [0.4, 0.5) is 10.1 Å². The molecule has 6 N–H and O–H groups in total. The van der Waals surface area contributed by atoms with E-state index < -0.39 is 65.1 Å². The summed E-state index contributed by atoms with van der Waals surface area (Å²) in [6.07, 6.45) is 2.48. The number of fused-ring (bicyclic) bond motifs is 5. The lowest BCUT2D eigenvalue weighted by molar-refractivity contribution is -0.172. The molecule has 0 radical (unpaired) electrons. The smallest absolute Gasteiger partial charge is 0.343 e. The zero-order valence-electron chi connectivity index (χ0n) is 31.5. The average Bonchev–Trinajstić information content (AvgIpc) is 3.57. The number of aliphatic hydroxyl groups is 1. The van der Waals surface area contributed by atoms with Crippen molar-refractivity contribution in [3.63, 3.8) is 0 Å². The number of aryl methyl sites for hydroxylation is 1. The topological polar surface area (TPSA) is 212 Å². The summed E-state index contributed by atoms with van der Waals surface area (Å²) in [6, 6.07) is 10.7. The van der Waals surface area contributed by atoms with Gasteiger partial charge in [-0.3, -0.25) is 24.0 Å². The molecule has 1 unspecified atom stereocenters. The van der Waals surface area contributed by atoms with Crippen LogP contribution in [0.3, 0.4) is 0 Å². The van der Waals surface area contributed by atoms with E-state index in [1.165, 1.54) is 22.4 Å². The van der Waals surface area contributed by atoms with Crippen molar-refractivity contribution in [2.45, 2.75) is 88.5 Å². The maximum atomic E-state index is 16.0. The largest absolute Gasteiger partial charge is 0.458 e. The molecule has 298 valence electrons. The molecule has 0 saturated carbocycles. The Kier molecular flexibility index (Phi) is 11.2. The van der Waals surface area contributed by atoms with Gasteiger partial charge in [0.15, 0.2) is 5.60 Å². The van der Waals surface area contributed by atoms with Crippen molar-refractivity contribution in [2.24, 2.45) is 11.7 Å². The fraction of sp³-hybridized carbons (Fsp3) is 0.390. The van der Waals surface area contributed by atoms with Crippen molar-refractivity contribution in [3.8, 4) is 11.4 Å². The number of hydrogen-bond acceptors (Lipinski definition) is 10. The summed E-state index contributed by atoms with van der Waals surface area (Å²) < 4.78 is 22.7. The number of amides is 4. The van der Waals surface area contributed by atoms with Crippen molar-refractivity contribution >= 4 is 58.0 Å². The quantitative estimate of drug-likeness (QED) is 0.103. The number of thioether (sulfide) groups is 1. The van der Waals surface area contributed by atoms with E-state index in [0.29, 0.717) is 52.2 Å². The molecule has 3 aliphatic rings. The summed E-state index contributed by atoms with van der Waals surface area (Å²) in [5.74, 6) is -4.20. The number of unbranched alkanes of at least 4 members (excludes halogenated alkanes) is 1. The molecular weight excluding hydrogens is 756 g/mol. The summed E-state index contributed by atoms with van der Waals surface area (Å²) in [5.41, 5.74) is 6.98. The minimum Gasteiger partial charge on any atom is -0.458 e. The van der Waals surface area contributed by atoms with E-state index in [4.69, 9.17) is 15.5 Å². The number of pyridine rings is 2. The van der Waals surface area contributed by atoms with Crippen LogP contribution in [0.2, 0.25) is 0 Å². The molecule has 14 nitrogen and oxygen atoms in total. The van der Waals surface area contributed by atoms with Gasteiger partial charge in [-0.1, -0.05) is 57.0 Å². The van der Waals surface area contributed by atoms with Gasteiger partial charge in [-0.2, -0.15) is 0 Å². The third-order valence-electron chi connectivity index (χ3n) is 11.0. The van der Waals surface area contributed by atoms with E-state index in [0.717, 1.165) is 23.1 Å². The van der Waals surface area contributed by atoms with Crippen LogP contribution in [0.25, 0.3) is 22.3 Å². The molecule has 0 spiro atoms. The molecule has 57 heavy (non-hydrogen) atoms. The number of esters is 1. The number of hydrogen-bond donors (Lipinski definition) is 5. The maximum absolute atomic E-state index is 16.0. The molecule has 2 aromatic carbocycles. The van der Waals surface area contributed by atoms with Gasteiger partial charge in [0.05, 0.1) is 41.2 Å². The van der Waals surface area contributed by atoms with Crippen LogP contribution in [-0.2, 0) is 60.3 Å². The number of rotatable bonds is 14. The fourth-order valence-corrected chi connectivity index (χ4v) is 9.04. The summed E-state index contributed by atoms with van der Waals surface area (Å²) in [5, 5.41) is 19.8. The Balaban J connectivity index is 1.12. The highest BCUT2D eigenvalue weighted by molar-refractivity contribution is 7.99. The maximum Gasteiger partial charge on any atom is 0.343 e. The molecule has 0 bridgehead atoms. The van der Waals surface area contributed by atoms with Gasteiger partial charge in [-0.25, -0.2) is 14.2 Å². The van der Waals surface area contributed by atoms with Crippen molar-refractivity contribution < 1.29 is 38.2 Å². The first kappa shape index (κ1) is 39.6. The Morgan fingerprint density at radius 2 is 1.86 bits per heavy atom. The third kappa shape index (κ3) is 7.50. The Morgan fingerprint density at radius 3 is 2.58 bits per heavy atom. The van der Waals surface area contributed by atoms with E-state index in [-0.39, 0.29) is 49.2 Å². The summed E-state index contributed by atoms with van der Waals surface area (Å²) in [4.78, 5) is 83.5. The summed E-state index contributed by atoms with van der Waals surface area (Å²) in [7, 11) is 0. The van der Waals surface area contributed by atoms with Crippen LogP contribution in [0.5, 0.6) is 0 Å². The monoisotopic (exact) mass is 798 g/mol. The van der Waals surface area contributed by atoms with E-state index in [2.05, 4.69) is 16.0 Å². The standard InChI is InChI=1S/C41H43FN6O8S/c1-3-5-11-22(37(43)51)15-31(49)45-29(14-21-9-7-6-8-10-21)38(52)44-18-32(50)47-35-27(42)17-28-33-23(12-13-57-36(33)35)24-19-48-30(34(24)46-28)16-26-25(39(48)53)20-56-40(54)41(26,55)4-2/h6-10,16-17,22,29,55H,3-5,11-15,18-20H2,1-2H3,(H2,43,51)(H,44,52)(H,45,49)(H,47,50)/t22?,29-,41-/m0/s1. The van der Waals surface area contributed by atoms with Gasteiger partial charge in [-0.15, -0.1) is 11.8 Å². The first-order chi connectivity index (χ1) is 27.3. The van der Waals surface area contributed by atoms with Crippen LogP contribution < -0.4 is 27.2 Å². The Hall–Kier alpha value is -5.61. The number of nitrogens with two attached hydrogens (primary N) is 1. The van der Waals surface area contributed by atoms with Crippen molar-refractivity contribution in [3.05, 3.63) is 86.5 Å². The number of benzene rings is 2. The van der Waals surface area contributed by atoms with Gasteiger partial charge in [0, 0.05) is 52.0 Å². The van der Waals surface area contributed by atoms with Crippen molar-refractivity contribution in [2.75, 3.05) is 17.6 Å². The normalized spacial score (nSPS) is 17.4. The molecule has 4 amide bonds. The lowest BCUT2D eigenvalue weighted by atomic mass is 9.86. The molecule has 3 aliphatic heterocycles. The zero-order chi connectivity index (χ0) is 40.6. The number of ether oxygens (including phenoxy) is 1. The van der Waals surface area contributed by atoms with Crippen molar-refractivity contribution in [1.82, 2.24) is 20.2 Å². The fourth-order valence-electron chi connectivity index (χ4n) is 7.87.